The Hall–Kier alpha value is -2.02. The summed E-state index contributed by atoms with van der Waals surface area (Å²) in [5, 5.41) is 3.28. The Morgan fingerprint density at radius 3 is 2.47 bits per heavy atom. The van der Waals surface area contributed by atoms with E-state index in [2.05, 4.69) is 24.1 Å². The number of hydrogen-bond acceptors (Lipinski definition) is 4. The van der Waals surface area contributed by atoms with Gasteiger partial charge in [-0.3, -0.25) is 13.9 Å². The molecule has 2 atom stereocenters. The maximum absolute atomic E-state index is 13.2. The molecule has 2 aromatic carbocycles. The van der Waals surface area contributed by atoms with Crippen molar-refractivity contribution in [1.29, 1.82) is 0 Å². The smallest absolute Gasteiger partial charge is 0.246 e. The summed E-state index contributed by atoms with van der Waals surface area (Å²) in [6.45, 7) is 7.09. The SMILES string of the molecule is CCN(CC)C(C(=O)Nc1cccc(CS(=O)C2CCOCC2)c1)c1ccccc1. The first-order chi connectivity index (χ1) is 14.6. The number of hydrogen-bond donors (Lipinski definition) is 1. The number of ether oxygens (including phenoxy) is 1. The maximum Gasteiger partial charge on any atom is 0.246 e. The minimum absolute atomic E-state index is 0.0485. The summed E-state index contributed by atoms with van der Waals surface area (Å²) in [4.78, 5) is 15.4. The second kappa shape index (κ2) is 11.4. The van der Waals surface area contributed by atoms with E-state index in [1.165, 1.54) is 0 Å². The molecule has 5 nitrogen and oxygen atoms in total. The highest BCUT2D eigenvalue weighted by Gasteiger charge is 2.26. The Kier molecular flexibility index (Phi) is 8.61. The van der Waals surface area contributed by atoms with Gasteiger partial charge in [-0.05, 0) is 49.2 Å². The molecule has 0 bridgehead atoms. The van der Waals surface area contributed by atoms with Gasteiger partial charge in [0.05, 0.1) is 0 Å². The predicted molar refractivity (Wildman–Crippen MR) is 123 cm³/mol. The normalized spacial score (nSPS) is 16.9. The summed E-state index contributed by atoms with van der Waals surface area (Å²) in [6, 6.07) is 17.3. The number of likely N-dealkylation sites (N-methyl/N-ethyl adjacent to an activating group) is 1. The molecule has 0 aliphatic carbocycles. The molecule has 0 aromatic heterocycles. The van der Waals surface area contributed by atoms with Crippen molar-refractivity contribution in [2.45, 2.75) is 43.7 Å². The molecule has 1 fully saturated rings. The average Bonchev–Trinajstić information content (AvgIpc) is 2.78. The first-order valence-electron chi connectivity index (χ1n) is 10.8. The van der Waals surface area contributed by atoms with Gasteiger partial charge >= 0.3 is 0 Å². The van der Waals surface area contributed by atoms with E-state index in [1.54, 1.807) is 0 Å². The monoisotopic (exact) mass is 428 g/mol. The van der Waals surface area contributed by atoms with E-state index in [0.29, 0.717) is 19.0 Å². The lowest BCUT2D eigenvalue weighted by Crippen LogP contribution is -2.37. The molecule has 3 rings (SSSR count). The van der Waals surface area contributed by atoms with Crippen LogP contribution in [0.4, 0.5) is 5.69 Å². The highest BCUT2D eigenvalue weighted by Crippen LogP contribution is 2.24. The van der Waals surface area contributed by atoms with E-state index >= 15 is 0 Å². The lowest BCUT2D eigenvalue weighted by atomic mass is 10.0. The van der Waals surface area contributed by atoms with Crippen LogP contribution in [0.25, 0.3) is 0 Å². The van der Waals surface area contributed by atoms with Gasteiger partial charge in [0.2, 0.25) is 5.91 Å². The molecule has 1 aliphatic heterocycles. The molecule has 1 heterocycles. The fourth-order valence-electron chi connectivity index (χ4n) is 3.92. The first kappa shape index (κ1) is 22.7. The van der Waals surface area contributed by atoms with Crippen LogP contribution in [-0.4, -0.2) is 46.6 Å². The minimum Gasteiger partial charge on any atom is -0.381 e. The van der Waals surface area contributed by atoms with E-state index < -0.39 is 10.8 Å². The Labute approximate surface area is 182 Å². The number of anilines is 1. The van der Waals surface area contributed by atoms with Crippen LogP contribution in [-0.2, 0) is 26.1 Å². The van der Waals surface area contributed by atoms with Crippen LogP contribution in [0.5, 0.6) is 0 Å². The van der Waals surface area contributed by atoms with Crippen molar-refractivity contribution in [2.24, 2.45) is 0 Å². The summed E-state index contributed by atoms with van der Waals surface area (Å²) in [6.07, 6.45) is 1.71. The lowest BCUT2D eigenvalue weighted by Gasteiger charge is -2.29. The van der Waals surface area contributed by atoms with Crippen molar-refractivity contribution in [3.05, 3.63) is 65.7 Å². The summed E-state index contributed by atoms with van der Waals surface area (Å²) in [5.41, 5.74) is 2.71. The van der Waals surface area contributed by atoms with Crippen molar-refractivity contribution in [3.8, 4) is 0 Å². The lowest BCUT2D eigenvalue weighted by molar-refractivity contribution is -0.121. The van der Waals surface area contributed by atoms with Crippen molar-refractivity contribution in [2.75, 3.05) is 31.6 Å². The fraction of sp³-hybridized carbons (Fsp3) is 0.458. The van der Waals surface area contributed by atoms with Crippen molar-refractivity contribution >= 4 is 22.4 Å². The van der Waals surface area contributed by atoms with E-state index in [4.69, 9.17) is 4.74 Å². The Balaban J connectivity index is 1.71. The molecule has 2 aromatic rings. The molecule has 162 valence electrons. The van der Waals surface area contributed by atoms with Gasteiger partial charge in [-0.15, -0.1) is 0 Å². The third-order valence-corrected chi connectivity index (χ3v) is 7.42. The molecule has 30 heavy (non-hydrogen) atoms. The molecule has 1 aliphatic rings. The molecular weight excluding hydrogens is 396 g/mol. The Morgan fingerprint density at radius 1 is 1.10 bits per heavy atom. The van der Waals surface area contributed by atoms with Crippen LogP contribution >= 0.6 is 0 Å². The molecule has 1 N–H and O–H groups in total. The molecule has 0 spiro atoms. The van der Waals surface area contributed by atoms with Crippen molar-refractivity contribution in [3.63, 3.8) is 0 Å². The standard InChI is InChI=1S/C24H32N2O3S/c1-3-26(4-2)23(20-10-6-5-7-11-20)24(27)25-21-12-8-9-19(17-21)18-30(28)22-13-15-29-16-14-22/h5-12,17,22-23H,3-4,13-16,18H2,1-2H3,(H,25,27). The summed E-state index contributed by atoms with van der Waals surface area (Å²) in [7, 11) is -0.928. The molecule has 0 radical (unpaired) electrons. The van der Waals surface area contributed by atoms with Crippen molar-refractivity contribution < 1.29 is 13.7 Å². The van der Waals surface area contributed by atoms with Gasteiger partial charge in [0.25, 0.3) is 0 Å². The third kappa shape index (κ3) is 6.00. The number of carbonyl (C=O) groups is 1. The Morgan fingerprint density at radius 2 is 1.80 bits per heavy atom. The Bertz CT molecular complexity index is 833. The number of carbonyl (C=O) groups excluding carboxylic acids is 1. The average molecular weight is 429 g/mol. The summed E-state index contributed by atoms with van der Waals surface area (Å²) < 4.78 is 18.1. The van der Waals surface area contributed by atoms with Crippen LogP contribution in [0, 0.1) is 0 Å². The van der Waals surface area contributed by atoms with Crippen molar-refractivity contribution in [1.82, 2.24) is 4.90 Å². The summed E-state index contributed by atoms with van der Waals surface area (Å²) in [5.74, 6) is 0.458. The molecule has 6 heteroatoms. The van der Waals surface area contributed by atoms with Gasteiger partial charge in [0, 0.05) is 40.7 Å². The zero-order valence-electron chi connectivity index (χ0n) is 17.9. The van der Waals surface area contributed by atoms with Gasteiger partial charge < -0.3 is 10.1 Å². The first-order valence-corrected chi connectivity index (χ1v) is 12.1. The van der Waals surface area contributed by atoms with E-state index in [-0.39, 0.29) is 17.2 Å². The number of nitrogens with one attached hydrogen (secondary N) is 1. The number of nitrogens with zero attached hydrogens (tertiary/aromatic N) is 1. The maximum atomic E-state index is 13.2. The second-order valence-corrected chi connectivity index (χ2v) is 9.28. The van der Waals surface area contributed by atoms with Crippen LogP contribution < -0.4 is 5.32 Å². The highest BCUT2D eigenvalue weighted by atomic mass is 32.2. The molecular formula is C24H32N2O3S. The molecule has 1 saturated heterocycles. The van der Waals surface area contributed by atoms with Crippen LogP contribution in [0.3, 0.4) is 0 Å². The van der Waals surface area contributed by atoms with Crippen LogP contribution in [0.1, 0.15) is 43.9 Å². The molecule has 1 amide bonds. The second-order valence-electron chi connectivity index (χ2n) is 7.56. The van der Waals surface area contributed by atoms with E-state index in [0.717, 1.165) is 42.7 Å². The zero-order valence-corrected chi connectivity index (χ0v) is 18.7. The molecule has 0 saturated carbocycles. The predicted octanol–water partition coefficient (Wildman–Crippen LogP) is 4.14. The highest BCUT2D eigenvalue weighted by molar-refractivity contribution is 7.84. The molecule has 2 unspecified atom stereocenters. The largest absolute Gasteiger partial charge is 0.381 e. The number of rotatable bonds is 9. The minimum atomic E-state index is -0.928. The quantitative estimate of drug-likeness (QED) is 0.652. The van der Waals surface area contributed by atoms with E-state index in [9.17, 15) is 9.00 Å². The topological polar surface area (TPSA) is 58.6 Å². The van der Waals surface area contributed by atoms with Crippen LogP contribution in [0.2, 0.25) is 0 Å². The van der Waals surface area contributed by atoms with Gasteiger partial charge in [-0.1, -0.05) is 56.3 Å². The van der Waals surface area contributed by atoms with Crippen LogP contribution in [0.15, 0.2) is 54.6 Å². The van der Waals surface area contributed by atoms with Gasteiger partial charge in [0.1, 0.15) is 6.04 Å². The van der Waals surface area contributed by atoms with E-state index in [1.807, 2.05) is 54.6 Å². The van der Waals surface area contributed by atoms with Gasteiger partial charge in [-0.2, -0.15) is 0 Å². The number of amides is 1. The van der Waals surface area contributed by atoms with Gasteiger partial charge in [-0.25, -0.2) is 0 Å². The zero-order chi connectivity index (χ0) is 21.3. The fourth-order valence-corrected chi connectivity index (χ4v) is 5.38. The number of benzene rings is 2. The third-order valence-electron chi connectivity index (χ3n) is 5.58. The summed E-state index contributed by atoms with van der Waals surface area (Å²) >= 11 is 0. The van der Waals surface area contributed by atoms with Gasteiger partial charge in [0.15, 0.2) is 0 Å².